The molecule has 1 fully saturated rings. The number of phenolic OH excluding ortho intramolecular Hbond substituents is 1. The molecule has 0 spiro atoms. The van der Waals surface area contributed by atoms with Crippen molar-refractivity contribution in [3.63, 3.8) is 0 Å². The molecule has 2 aromatic carbocycles. The van der Waals surface area contributed by atoms with Crippen LogP contribution in [0.3, 0.4) is 0 Å². The van der Waals surface area contributed by atoms with E-state index >= 15 is 0 Å². The summed E-state index contributed by atoms with van der Waals surface area (Å²) in [6.07, 6.45) is -5.43. The molecule has 0 aromatic heterocycles. The van der Waals surface area contributed by atoms with Crippen molar-refractivity contribution in [3.05, 3.63) is 64.2 Å². The lowest BCUT2D eigenvalue weighted by Gasteiger charge is -2.40. The van der Waals surface area contributed by atoms with E-state index in [1.54, 1.807) is 23.9 Å². The average Bonchev–Trinajstić information content (AvgIpc) is 2.90. The van der Waals surface area contributed by atoms with Crippen LogP contribution in [0.25, 0.3) is 0 Å². The number of carbonyl (C=O) groups is 1. The fourth-order valence-corrected chi connectivity index (χ4v) is 4.94. The first-order chi connectivity index (χ1) is 18.2. The number of aliphatic hydroxyl groups is 5. The lowest BCUT2D eigenvalue weighted by atomic mass is 9.88. The molecule has 0 saturated carbocycles. The van der Waals surface area contributed by atoms with Gasteiger partial charge in [-0.25, -0.2) is 4.79 Å². The third-order valence-electron chi connectivity index (χ3n) is 6.57. The van der Waals surface area contributed by atoms with Crippen molar-refractivity contribution in [2.75, 3.05) is 37.8 Å². The van der Waals surface area contributed by atoms with Gasteiger partial charge in [-0.15, -0.1) is 0 Å². The predicted octanol–water partition coefficient (Wildman–Crippen LogP) is 0.374. The van der Waals surface area contributed by atoms with Gasteiger partial charge < -0.3 is 46.0 Å². The first-order valence-electron chi connectivity index (χ1n) is 12.7. The summed E-state index contributed by atoms with van der Waals surface area (Å²) >= 11 is 1.58. The normalized spacial score (nSPS) is 23.3. The van der Waals surface area contributed by atoms with Gasteiger partial charge in [-0.1, -0.05) is 24.3 Å². The van der Waals surface area contributed by atoms with Crippen molar-refractivity contribution in [2.24, 2.45) is 0 Å². The van der Waals surface area contributed by atoms with E-state index in [9.17, 15) is 30.3 Å². The van der Waals surface area contributed by atoms with Gasteiger partial charge in [-0.05, 0) is 54.2 Å². The minimum Gasteiger partial charge on any atom is -0.508 e. The number of urea groups is 1. The molecule has 2 aromatic rings. The van der Waals surface area contributed by atoms with Gasteiger partial charge in [0.2, 0.25) is 0 Å². The van der Waals surface area contributed by atoms with Crippen LogP contribution in [-0.4, -0.2) is 98.9 Å². The number of aliphatic hydroxyl groups excluding tert-OH is 5. The highest BCUT2D eigenvalue weighted by Gasteiger charge is 2.44. The van der Waals surface area contributed by atoms with E-state index in [1.807, 2.05) is 31.2 Å². The second-order valence-electron chi connectivity index (χ2n) is 9.35. The molecule has 2 amide bonds. The number of rotatable bonds is 12. The van der Waals surface area contributed by atoms with E-state index in [0.717, 1.165) is 28.0 Å². The Balaban J connectivity index is 1.58. The molecule has 0 unspecified atom stereocenters. The fourth-order valence-electron chi connectivity index (χ4n) is 4.36. The lowest BCUT2D eigenvalue weighted by Crippen LogP contribution is -2.55. The molecule has 3 rings (SSSR count). The standard InChI is InChI=1S/C27H38N2O8S/c1-16-12-21(32)20(26-25(35)24(34)23(33)22(15-31)37-26)14-19(16)13-18-4-2-17(3-5-18)6-7-28-27(36)29-8-10-38-11-9-30/h2-5,12,14,22-26,30-35H,6-11,13,15H2,1H3,(H2,28,29,36)/t22-,23-,24+,25-,26+/m1/s1. The van der Waals surface area contributed by atoms with Crippen molar-refractivity contribution in [1.82, 2.24) is 10.6 Å². The molecule has 1 aliphatic rings. The first kappa shape index (κ1) is 30.2. The highest BCUT2D eigenvalue weighted by atomic mass is 32.2. The Morgan fingerprint density at radius 1 is 0.947 bits per heavy atom. The maximum atomic E-state index is 11.8. The molecular formula is C27H38N2O8S. The monoisotopic (exact) mass is 550 g/mol. The average molecular weight is 551 g/mol. The Bertz CT molecular complexity index is 1040. The zero-order valence-electron chi connectivity index (χ0n) is 21.4. The molecule has 0 radical (unpaired) electrons. The number of hydrogen-bond acceptors (Lipinski definition) is 9. The molecule has 1 saturated heterocycles. The number of aromatic hydroxyl groups is 1. The van der Waals surface area contributed by atoms with E-state index in [1.165, 1.54) is 0 Å². The van der Waals surface area contributed by atoms with Crippen molar-refractivity contribution in [1.29, 1.82) is 0 Å². The van der Waals surface area contributed by atoms with Crippen LogP contribution in [0.2, 0.25) is 0 Å². The Morgan fingerprint density at radius 2 is 1.63 bits per heavy atom. The first-order valence-corrected chi connectivity index (χ1v) is 13.8. The smallest absolute Gasteiger partial charge is 0.314 e. The van der Waals surface area contributed by atoms with Crippen molar-refractivity contribution < 1.29 is 40.2 Å². The van der Waals surface area contributed by atoms with Crippen LogP contribution in [0.5, 0.6) is 5.75 Å². The van der Waals surface area contributed by atoms with E-state index < -0.39 is 37.1 Å². The van der Waals surface area contributed by atoms with Crippen LogP contribution in [0, 0.1) is 6.92 Å². The maximum Gasteiger partial charge on any atom is 0.314 e. The van der Waals surface area contributed by atoms with Gasteiger partial charge in [-0.3, -0.25) is 0 Å². The van der Waals surface area contributed by atoms with Gasteiger partial charge in [0, 0.05) is 30.2 Å². The molecule has 10 nitrogen and oxygen atoms in total. The summed E-state index contributed by atoms with van der Waals surface area (Å²) in [5.41, 5.74) is 4.09. The van der Waals surface area contributed by atoms with Crippen molar-refractivity contribution in [3.8, 4) is 5.75 Å². The lowest BCUT2D eigenvalue weighted by molar-refractivity contribution is -0.232. The number of amides is 2. The number of phenols is 1. The van der Waals surface area contributed by atoms with Gasteiger partial charge in [-0.2, -0.15) is 11.8 Å². The Labute approximate surface area is 226 Å². The number of carbonyl (C=O) groups excluding carboxylic acids is 1. The number of ether oxygens (including phenoxy) is 1. The molecule has 5 atom stereocenters. The second-order valence-corrected chi connectivity index (χ2v) is 10.6. The van der Waals surface area contributed by atoms with Crippen molar-refractivity contribution >= 4 is 17.8 Å². The summed E-state index contributed by atoms with van der Waals surface area (Å²) in [5, 5.41) is 65.1. The zero-order chi connectivity index (χ0) is 27.7. The summed E-state index contributed by atoms with van der Waals surface area (Å²) in [6.45, 7) is 2.49. The van der Waals surface area contributed by atoms with Gasteiger partial charge in [0.05, 0.1) is 13.2 Å². The van der Waals surface area contributed by atoms with Gasteiger partial charge >= 0.3 is 6.03 Å². The molecule has 8 N–H and O–H groups in total. The number of thioether (sulfide) groups is 1. The van der Waals surface area contributed by atoms with Gasteiger partial charge in [0.1, 0.15) is 36.3 Å². The van der Waals surface area contributed by atoms with Crippen LogP contribution >= 0.6 is 11.8 Å². The minimum absolute atomic E-state index is 0.105. The van der Waals surface area contributed by atoms with Crippen LogP contribution in [0.1, 0.15) is 33.9 Å². The van der Waals surface area contributed by atoms with Gasteiger partial charge in [0.25, 0.3) is 0 Å². The molecule has 0 bridgehead atoms. The largest absolute Gasteiger partial charge is 0.508 e. The Kier molecular flexibility index (Phi) is 11.7. The number of aryl methyl sites for hydroxylation is 1. The number of nitrogens with one attached hydrogen (secondary N) is 2. The number of benzene rings is 2. The molecule has 11 heteroatoms. The third-order valence-corrected chi connectivity index (χ3v) is 7.53. The molecule has 210 valence electrons. The Hall–Kier alpha value is -2.38. The van der Waals surface area contributed by atoms with Crippen molar-refractivity contribution in [2.45, 2.75) is 50.3 Å². The van der Waals surface area contributed by atoms with E-state index in [-0.39, 0.29) is 24.0 Å². The highest BCUT2D eigenvalue weighted by molar-refractivity contribution is 7.99. The van der Waals surface area contributed by atoms with Crippen LogP contribution in [0.15, 0.2) is 36.4 Å². The fraction of sp³-hybridized carbons (Fsp3) is 0.519. The quantitative estimate of drug-likeness (QED) is 0.174. The molecule has 1 heterocycles. The highest BCUT2D eigenvalue weighted by Crippen LogP contribution is 2.38. The summed E-state index contributed by atoms with van der Waals surface area (Å²) in [5.74, 6) is 1.30. The topological polar surface area (TPSA) is 172 Å². The summed E-state index contributed by atoms with van der Waals surface area (Å²) in [6, 6.07) is 11.0. The van der Waals surface area contributed by atoms with E-state index in [4.69, 9.17) is 9.84 Å². The van der Waals surface area contributed by atoms with E-state index in [2.05, 4.69) is 10.6 Å². The zero-order valence-corrected chi connectivity index (χ0v) is 22.2. The van der Waals surface area contributed by atoms with Crippen LogP contribution in [-0.2, 0) is 17.6 Å². The molecular weight excluding hydrogens is 512 g/mol. The van der Waals surface area contributed by atoms with E-state index in [0.29, 0.717) is 31.7 Å². The predicted molar refractivity (Wildman–Crippen MR) is 144 cm³/mol. The van der Waals surface area contributed by atoms with Crippen LogP contribution < -0.4 is 10.6 Å². The summed E-state index contributed by atoms with van der Waals surface area (Å²) in [4.78, 5) is 11.8. The van der Waals surface area contributed by atoms with Gasteiger partial charge in [0.15, 0.2) is 0 Å². The SMILES string of the molecule is Cc1cc(O)c([C@@H]2O[C@H](CO)[C@@H](O)[C@H](O)[C@H]2O)cc1Cc1ccc(CCNC(=O)NCCSCCO)cc1. The Morgan fingerprint density at radius 3 is 2.32 bits per heavy atom. The minimum atomic E-state index is -1.53. The molecule has 0 aliphatic carbocycles. The number of hydrogen-bond donors (Lipinski definition) is 8. The molecule has 1 aliphatic heterocycles. The maximum absolute atomic E-state index is 11.8. The summed E-state index contributed by atoms with van der Waals surface area (Å²) in [7, 11) is 0. The second kappa shape index (κ2) is 14.7. The molecule has 38 heavy (non-hydrogen) atoms. The third kappa shape index (κ3) is 8.06. The summed E-state index contributed by atoms with van der Waals surface area (Å²) < 4.78 is 5.64. The van der Waals surface area contributed by atoms with Crippen LogP contribution in [0.4, 0.5) is 4.79 Å².